The zero-order chi connectivity index (χ0) is 10.4. The van der Waals surface area contributed by atoms with Crippen LogP contribution in [0, 0.1) is 0 Å². The van der Waals surface area contributed by atoms with E-state index in [0.29, 0.717) is 17.3 Å². The van der Waals surface area contributed by atoms with Gasteiger partial charge in [-0.25, -0.2) is 0 Å². The minimum atomic E-state index is -1.37. The maximum Gasteiger partial charge on any atom is 0.490 e. The first-order valence-electron chi connectivity index (χ1n) is 5.61. The molecule has 2 aliphatic rings. The molecular formula is C11H14BNO2. The lowest BCUT2D eigenvalue weighted by molar-refractivity contribution is 0.425. The fourth-order valence-electron chi connectivity index (χ4n) is 2.05. The van der Waals surface area contributed by atoms with Gasteiger partial charge in [-0.1, -0.05) is 6.07 Å². The number of pyridine rings is 1. The predicted octanol–water partition coefficient (Wildman–Crippen LogP) is 0.516. The molecule has 0 unspecified atom stereocenters. The van der Waals surface area contributed by atoms with Gasteiger partial charge >= 0.3 is 7.12 Å². The van der Waals surface area contributed by atoms with Crippen molar-refractivity contribution in [2.24, 2.45) is 0 Å². The third-order valence-electron chi connectivity index (χ3n) is 3.26. The van der Waals surface area contributed by atoms with Gasteiger partial charge < -0.3 is 10.0 Å². The normalized spacial score (nSPS) is 20.4. The maximum absolute atomic E-state index is 9.32. The Bertz CT molecular complexity index is 386. The highest BCUT2D eigenvalue weighted by molar-refractivity contribution is 6.59. The fraction of sp³-hybridized carbons (Fsp3) is 0.545. The number of hydrogen-bond donors (Lipinski definition) is 2. The zero-order valence-corrected chi connectivity index (χ0v) is 8.56. The standard InChI is InChI=1S/C11H14BNO2/c14-12(15)10-5-9(7-1-2-7)6-13-11(10)8-3-4-8/h5-8,14-15H,1-4H2. The molecule has 0 atom stereocenters. The molecule has 2 aliphatic carbocycles. The summed E-state index contributed by atoms with van der Waals surface area (Å²) in [6, 6.07) is 1.93. The van der Waals surface area contributed by atoms with E-state index in [1.54, 1.807) is 0 Å². The van der Waals surface area contributed by atoms with Crippen LogP contribution in [0.2, 0.25) is 0 Å². The molecule has 1 heterocycles. The number of nitrogens with zero attached hydrogens (tertiary/aromatic N) is 1. The highest BCUT2D eigenvalue weighted by Gasteiger charge is 2.32. The van der Waals surface area contributed by atoms with Gasteiger partial charge in [-0.3, -0.25) is 4.98 Å². The molecule has 3 nitrogen and oxygen atoms in total. The monoisotopic (exact) mass is 203 g/mol. The van der Waals surface area contributed by atoms with Crippen LogP contribution in [-0.2, 0) is 0 Å². The van der Waals surface area contributed by atoms with Crippen molar-refractivity contribution in [1.82, 2.24) is 4.98 Å². The average Bonchev–Trinajstić information content (AvgIpc) is 3.07. The van der Waals surface area contributed by atoms with Gasteiger partial charge in [0.25, 0.3) is 0 Å². The average molecular weight is 203 g/mol. The van der Waals surface area contributed by atoms with Crippen molar-refractivity contribution in [3.05, 3.63) is 23.5 Å². The number of hydrogen-bond acceptors (Lipinski definition) is 3. The van der Waals surface area contributed by atoms with Crippen molar-refractivity contribution >= 4 is 12.6 Å². The molecule has 0 radical (unpaired) electrons. The van der Waals surface area contributed by atoms with Gasteiger partial charge in [0.1, 0.15) is 0 Å². The Hall–Kier alpha value is -0.865. The zero-order valence-electron chi connectivity index (χ0n) is 8.56. The number of aromatic nitrogens is 1. The minimum Gasteiger partial charge on any atom is -0.423 e. The molecule has 1 aromatic heterocycles. The highest BCUT2D eigenvalue weighted by atomic mass is 16.4. The van der Waals surface area contributed by atoms with Crippen LogP contribution in [0.3, 0.4) is 0 Å². The first kappa shape index (κ1) is 9.37. The maximum atomic E-state index is 9.32. The summed E-state index contributed by atoms with van der Waals surface area (Å²) in [6.45, 7) is 0. The summed E-state index contributed by atoms with van der Waals surface area (Å²) in [6.07, 6.45) is 6.61. The molecule has 2 N–H and O–H groups in total. The van der Waals surface area contributed by atoms with Crippen molar-refractivity contribution in [3.63, 3.8) is 0 Å². The quantitative estimate of drug-likeness (QED) is 0.704. The molecule has 2 fully saturated rings. The SMILES string of the molecule is OB(O)c1cc(C2CC2)cnc1C1CC1. The second kappa shape index (κ2) is 3.32. The van der Waals surface area contributed by atoms with E-state index in [1.807, 2.05) is 12.3 Å². The second-order valence-corrected chi connectivity index (χ2v) is 4.67. The fourth-order valence-corrected chi connectivity index (χ4v) is 2.05. The molecular weight excluding hydrogens is 189 g/mol. The molecule has 0 aromatic carbocycles. The third-order valence-corrected chi connectivity index (χ3v) is 3.26. The van der Waals surface area contributed by atoms with Gasteiger partial charge in [0, 0.05) is 23.3 Å². The lowest BCUT2D eigenvalue weighted by Gasteiger charge is -2.08. The Balaban J connectivity index is 1.99. The summed E-state index contributed by atoms with van der Waals surface area (Å²) >= 11 is 0. The molecule has 4 heteroatoms. The van der Waals surface area contributed by atoms with Crippen LogP contribution in [0.15, 0.2) is 12.3 Å². The molecule has 0 amide bonds. The topological polar surface area (TPSA) is 53.4 Å². The van der Waals surface area contributed by atoms with E-state index in [9.17, 15) is 10.0 Å². The van der Waals surface area contributed by atoms with Crippen LogP contribution in [0.1, 0.15) is 48.8 Å². The predicted molar refractivity (Wildman–Crippen MR) is 58.0 cm³/mol. The molecule has 0 bridgehead atoms. The molecule has 0 spiro atoms. The lowest BCUT2D eigenvalue weighted by atomic mass is 9.77. The summed E-state index contributed by atoms with van der Waals surface area (Å²) in [5.74, 6) is 1.08. The van der Waals surface area contributed by atoms with Gasteiger partial charge in [0.05, 0.1) is 0 Å². The Morgan fingerprint density at radius 1 is 1.13 bits per heavy atom. The van der Waals surface area contributed by atoms with E-state index in [1.165, 1.54) is 18.4 Å². The Kier molecular flexibility index (Phi) is 2.07. The summed E-state index contributed by atoms with van der Waals surface area (Å²) < 4.78 is 0. The first-order chi connectivity index (χ1) is 7.25. The van der Waals surface area contributed by atoms with E-state index in [4.69, 9.17) is 0 Å². The van der Waals surface area contributed by atoms with Crippen LogP contribution < -0.4 is 5.46 Å². The lowest BCUT2D eigenvalue weighted by Crippen LogP contribution is -2.34. The van der Waals surface area contributed by atoms with Crippen LogP contribution >= 0.6 is 0 Å². The van der Waals surface area contributed by atoms with E-state index < -0.39 is 7.12 Å². The van der Waals surface area contributed by atoms with Gasteiger partial charge in [-0.2, -0.15) is 0 Å². The van der Waals surface area contributed by atoms with Crippen molar-refractivity contribution in [2.45, 2.75) is 37.5 Å². The van der Waals surface area contributed by atoms with E-state index in [2.05, 4.69) is 4.98 Å². The summed E-state index contributed by atoms with van der Waals surface area (Å²) in [7, 11) is -1.37. The smallest absolute Gasteiger partial charge is 0.423 e. The van der Waals surface area contributed by atoms with E-state index in [0.717, 1.165) is 18.5 Å². The van der Waals surface area contributed by atoms with Gasteiger partial charge in [0.2, 0.25) is 0 Å². The van der Waals surface area contributed by atoms with Crippen molar-refractivity contribution in [3.8, 4) is 0 Å². The largest absolute Gasteiger partial charge is 0.490 e. The highest BCUT2D eigenvalue weighted by Crippen LogP contribution is 2.41. The molecule has 0 saturated heterocycles. The van der Waals surface area contributed by atoms with Crippen LogP contribution in [-0.4, -0.2) is 22.2 Å². The summed E-state index contributed by atoms with van der Waals surface area (Å²) in [4.78, 5) is 4.40. The first-order valence-corrected chi connectivity index (χ1v) is 5.61. The van der Waals surface area contributed by atoms with Crippen LogP contribution in [0.4, 0.5) is 0 Å². The minimum absolute atomic E-state index is 0.468. The van der Waals surface area contributed by atoms with Gasteiger partial charge in [-0.15, -0.1) is 0 Å². The molecule has 1 aromatic rings. The second-order valence-electron chi connectivity index (χ2n) is 4.67. The summed E-state index contributed by atoms with van der Waals surface area (Å²) in [5.41, 5.74) is 2.69. The van der Waals surface area contributed by atoms with E-state index in [-0.39, 0.29) is 0 Å². The van der Waals surface area contributed by atoms with Gasteiger partial charge in [0.15, 0.2) is 0 Å². The van der Waals surface area contributed by atoms with Crippen molar-refractivity contribution in [2.75, 3.05) is 0 Å². The Morgan fingerprint density at radius 3 is 2.33 bits per heavy atom. The third kappa shape index (κ3) is 1.79. The van der Waals surface area contributed by atoms with E-state index >= 15 is 0 Å². The Labute approximate surface area is 89.3 Å². The van der Waals surface area contributed by atoms with Crippen molar-refractivity contribution < 1.29 is 10.0 Å². The molecule has 0 aliphatic heterocycles. The molecule has 78 valence electrons. The van der Waals surface area contributed by atoms with Crippen LogP contribution in [0.5, 0.6) is 0 Å². The van der Waals surface area contributed by atoms with Gasteiger partial charge in [-0.05, 0) is 37.2 Å². The summed E-state index contributed by atoms with van der Waals surface area (Å²) in [5, 5.41) is 18.6. The van der Waals surface area contributed by atoms with Crippen LogP contribution in [0.25, 0.3) is 0 Å². The number of rotatable bonds is 3. The molecule has 3 rings (SSSR count). The Morgan fingerprint density at radius 2 is 1.80 bits per heavy atom. The van der Waals surface area contributed by atoms with Crippen molar-refractivity contribution in [1.29, 1.82) is 0 Å². The molecule has 15 heavy (non-hydrogen) atoms. The molecule has 2 saturated carbocycles.